The van der Waals surface area contributed by atoms with Crippen LogP contribution in [0.25, 0.3) is 0 Å². The van der Waals surface area contributed by atoms with Gasteiger partial charge in [0.25, 0.3) is 0 Å². The highest BCUT2D eigenvalue weighted by atomic mass is 14.9. The Bertz CT molecular complexity index is 764. The smallest absolute Gasteiger partial charge is 0.000812 e. The molecule has 0 atom stereocenters. The molecule has 12 bridgehead atoms. The van der Waals surface area contributed by atoms with E-state index >= 15 is 0 Å². The largest absolute Gasteiger partial charge is 0.316 e. The van der Waals surface area contributed by atoms with Gasteiger partial charge in [0.05, 0.1) is 0 Å². The second-order valence-electron chi connectivity index (χ2n) is 18.6. The number of hydrogen-bond acceptors (Lipinski definition) is 2. The lowest BCUT2D eigenvalue weighted by atomic mass is 9.43. The van der Waals surface area contributed by atoms with Crippen molar-refractivity contribution < 1.29 is 0 Å². The topological polar surface area (TPSA) is 24.1 Å². The second kappa shape index (κ2) is 8.72. The van der Waals surface area contributed by atoms with Crippen molar-refractivity contribution in [1.29, 1.82) is 0 Å². The van der Waals surface area contributed by atoms with Gasteiger partial charge in [-0.2, -0.15) is 0 Å². The monoisotopic (exact) mass is 518 g/mol. The molecule has 0 aromatic rings. The lowest BCUT2D eigenvalue weighted by Gasteiger charge is -2.63. The van der Waals surface area contributed by atoms with E-state index in [4.69, 9.17) is 0 Å². The van der Waals surface area contributed by atoms with Crippen molar-refractivity contribution in [2.24, 2.45) is 69.0 Å². The normalized spacial score (nSPS) is 56.8. The molecule has 38 heavy (non-hydrogen) atoms. The van der Waals surface area contributed by atoms with Crippen molar-refractivity contribution in [2.75, 3.05) is 26.2 Å². The Morgan fingerprint density at radius 1 is 0.368 bits per heavy atom. The molecule has 0 aliphatic heterocycles. The van der Waals surface area contributed by atoms with Crippen LogP contribution in [0, 0.1) is 69.0 Å². The lowest BCUT2D eigenvalue weighted by Crippen LogP contribution is -2.54. The molecule has 0 amide bonds. The van der Waals surface area contributed by atoms with E-state index in [2.05, 4.69) is 10.6 Å². The third-order valence-electron chi connectivity index (χ3n) is 15.3. The van der Waals surface area contributed by atoms with Gasteiger partial charge in [-0.25, -0.2) is 0 Å². The van der Waals surface area contributed by atoms with Gasteiger partial charge in [-0.1, -0.05) is 0 Å². The van der Waals surface area contributed by atoms with Crippen LogP contribution in [-0.4, -0.2) is 26.2 Å². The van der Waals surface area contributed by atoms with Gasteiger partial charge in [0.1, 0.15) is 0 Å². The molecule has 0 aromatic heterocycles. The van der Waals surface area contributed by atoms with Gasteiger partial charge >= 0.3 is 0 Å². The Morgan fingerprint density at radius 2 is 0.658 bits per heavy atom. The van der Waals surface area contributed by atoms with Gasteiger partial charge in [0.15, 0.2) is 0 Å². The van der Waals surface area contributed by atoms with E-state index in [1.807, 2.05) is 0 Å². The fourth-order valence-corrected chi connectivity index (χ4v) is 15.7. The van der Waals surface area contributed by atoms with Gasteiger partial charge in [-0.05, 0) is 211 Å². The zero-order valence-electron chi connectivity index (χ0n) is 24.6. The molecule has 0 heterocycles. The number of nitrogens with one attached hydrogen (secondary N) is 2. The van der Waals surface area contributed by atoms with E-state index in [9.17, 15) is 0 Å². The Balaban J connectivity index is 0.792. The van der Waals surface area contributed by atoms with E-state index in [0.717, 1.165) is 47.3 Å². The summed E-state index contributed by atoms with van der Waals surface area (Å²) in [5.41, 5.74) is 2.83. The van der Waals surface area contributed by atoms with Gasteiger partial charge < -0.3 is 10.6 Å². The van der Waals surface area contributed by atoms with Crippen LogP contribution < -0.4 is 10.6 Å². The molecule has 12 saturated carbocycles. The summed E-state index contributed by atoms with van der Waals surface area (Å²) in [6, 6.07) is 0. The minimum Gasteiger partial charge on any atom is -0.316 e. The molecule has 12 aliphatic rings. The van der Waals surface area contributed by atoms with Crippen molar-refractivity contribution in [3.8, 4) is 0 Å². The molecule has 0 unspecified atom stereocenters. The summed E-state index contributed by atoms with van der Waals surface area (Å²) in [4.78, 5) is 0. The van der Waals surface area contributed by atoms with Crippen LogP contribution in [0.5, 0.6) is 0 Å². The average molecular weight is 519 g/mol. The molecule has 12 aliphatic carbocycles. The first-order chi connectivity index (χ1) is 18.5. The summed E-state index contributed by atoms with van der Waals surface area (Å²) in [5.74, 6) is 8.74. The molecule has 212 valence electrons. The maximum atomic E-state index is 4.13. The third-order valence-corrected chi connectivity index (χ3v) is 15.3. The van der Waals surface area contributed by atoms with Crippen LogP contribution in [-0.2, 0) is 0 Å². The minimum atomic E-state index is 0.707. The maximum Gasteiger partial charge on any atom is 0.000812 e. The molecule has 2 N–H and O–H groups in total. The number of hydrogen-bond donors (Lipinski definition) is 2. The van der Waals surface area contributed by atoms with Crippen molar-refractivity contribution in [1.82, 2.24) is 10.6 Å². The molecule has 12 rings (SSSR count). The Morgan fingerprint density at radius 3 is 1.00 bits per heavy atom. The summed E-state index contributed by atoms with van der Waals surface area (Å²) in [7, 11) is 0. The summed E-state index contributed by atoms with van der Waals surface area (Å²) in [5, 5.41) is 8.27. The van der Waals surface area contributed by atoms with Crippen molar-refractivity contribution >= 4 is 0 Å². The summed E-state index contributed by atoms with van der Waals surface area (Å²) in [6.07, 6.45) is 31.5. The van der Waals surface area contributed by atoms with Crippen LogP contribution in [0.3, 0.4) is 0 Å². The van der Waals surface area contributed by atoms with Crippen molar-refractivity contribution in [3.63, 3.8) is 0 Å². The first-order valence-electron chi connectivity index (χ1n) is 17.9. The fraction of sp³-hybridized carbons (Fsp3) is 1.00. The van der Waals surface area contributed by atoms with Gasteiger partial charge in [-0.3, -0.25) is 0 Å². The van der Waals surface area contributed by atoms with Gasteiger partial charge in [-0.15, -0.1) is 0 Å². The predicted molar refractivity (Wildman–Crippen MR) is 156 cm³/mol. The molecule has 0 spiro atoms. The summed E-state index contributed by atoms with van der Waals surface area (Å²) >= 11 is 0. The average Bonchev–Trinajstić information content (AvgIpc) is 2.82. The van der Waals surface area contributed by atoms with Crippen LogP contribution in [0.15, 0.2) is 0 Å². The first kappa shape index (κ1) is 24.5. The van der Waals surface area contributed by atoms with Crippen molar-refractivity contribution in [2.45, 2.75) is 128 Å². The highest BCUT2D eigenvalue weighted by molar-refractivity contribution is 5.09. The van der Waals surface area contributed by atoms with Crippen LogP contribution >= 0.6 is 0 Å². The molecule has 12 fully saturated rings. The maximum absolute atomic E-state index is 4.13. The SMILES string of the molecule is C(CC12CC3CC(C1)CC(CCNCC14CC5CC(CC(C5)C1)C4)(C3)C2)NCC12CC3CC(CC(C3)C1)C2. The van der Waals surface area contributed by atoms with E-state index in [0.29, 0.717) is 21.7 Å². The third kappa shape index (κ3) is 4.22. The molecular weight excluding hydrogens is 460 g/mol. The first-order valence-corrected chi connectivity index (χ1v) is 17.9. The molecule has 0 radical (unpaired) electrons. The van der Waals surface area contributed by atoms with Crippen LogP contribution in [0.2, 0.25) is 0 Å². The molecule has 2 heteroatoms. The van der Waals surface area contributed by atoms with E-state index in [1.54, 1.807) is 116 Å². The highest BCUT2D eigenvalue weighted by Gasteiger charge is 2.57. The Hall–Kier alpha value is -0.0800. The Kier molecular flexibility index (Phi) is 5.62. The van der Waals surface area contributed by atoms with E-state index in [1.165, 1.54) is 39.0 Å². The minimum absolute atomic E-state index is 0.707. The molecule has 0 saturated heterocycles. The quantitative estimate of drug-likeness (QED) is 0.287. The second-order valence-corrected chi connectivity index (χ2v) is 18.6. The zero-order chi connectivity index (χ0) is 25.0. The predicted octanol–water partition coefficient (Wildman–Crippen LogP) is 7.97. The van der Waals surface area contributed by atoms with Crippen LogP contribution in [0.1, 0.15) is 128 Å². The standard InChI is InChI=1S/C36H58N2/c1(3-37-23-35-12-25-5-26(13-35)7-27(6-25)14-35)33-18-31-11-32(19-33)21-34(20-31,22-33)2-4-38-24-36-15-28-8-29(16-36)10-30(9-28)17-36/h25-32,37-38H,1-24H2. The van der Waals surface area contributed by atoms with Crippen LogP contribution in [0.4, 0.5) is 0 Å². The highest BCUT2D eigenvalue weighted by Crippen LogP contribution is 2.67. The number of rotatable bonds is 10. The van der Waals surface area contributed by atoms with Crippen molar-refractivity contribution in [3.05, 3.63) is 0 Å². The zero-order valence-corrected chi connectivity index (χ0v) is 24.6. The summed E-state index contributed by atoms with van der Waals surface area (Å²) < 4.78 is 0. The lowest BCUT2D eigenvalue weighted by molar-refractivity contribution is -0.117. The van der Waals surface area contributed by atoms with Gasteiger partial charge in [0.2, 0.25) is 0 Å². The van der Waals surface area contributed by atoms with Gasteiger partial charge in [0, 0.05) is 13.1 Å². The molecular formula is C36H58N2. The van der Waals surface area contributed by atoms with E-state index in [-0.39, 0.29) is 0 Å². The van der Waals surface area contributed by atoms with E-state index < -0.39 is 0 Å². The Labute approximate surface area is 234 Å². The fourth-order valence-electron chi connectivity index (χ4n) is 15.7. The summed E-state index contributed by atoms with van der Waals surface area (Å²) in [6.45, 7) is 5.36. The molecule has 0 aromatic carbocycles. The molecule has 2 nitrogen and oxygen atoms in total.